The highest BCUT2D eigenvalue weighted by atomic mass is 32.1. The van der Waals surface area contributed by atoms with E-state index in [9.17, 15) is 19.8 Å². The van der Waals surface area contributed by atoms with Gasteiger partial charge in [0.25, 0.3) is 5.88 Å². The fourth-order valence-corrected chi connectivity index (χ4v) is 13.4. The number of aromatic nitrogens is 5. The van der Waals surface area contributed by atoms with Gasteiger partial charge in [0.1, 0.15) is 48.0 Å². The second-order valence-corrected chi connectivity index (χ2v) is 22.7. The van der Waals surface area contributed by atoms with Gasteiger partial charge in [-0.25, -0.2) is 9.37 Å². The van der Waals surface area contributed by atoms with Crippen LogP contribution >= 0.6 is 11.3 Å². The summed E-state index contributed by atoms with van der Waals surface area (Å²) >= 11 is 1.58. The predicted octanol–water partition coefficient (Wildman–Crippen LogP) is 10.1. The third-order valence-corrected chi connectivity index (χ3v) is 17.5. The number of β-amino-alcohol motifs (C(OH)–C–C–N with tert-alkyl or cyclic N) is 1. The molecule has 77 heavy (non-hydrogen) atoms. The molecule has 4 aromatic heterocycles. The Hall–Kier alpha value is -6.76. The van der Waals surface area contributed by atoms with Crippen LogP contribution in [0.1, 0.15) is 120 Å². The molecular formula is C59H68FN9O7S. The molecule has 2 unspecified atom stereocenters. The van der Waals surface area contributed by atoms with Crippen molar-refractivity contribution in [3.8, 4) is 39.3 Å². The van der Waals surface area contributed by atoms with Crippen LogP contribution in [0.5, 0.6) is 17.6 Å². The Morgan fingerprint density at radius 2 is 1.78 bits per heavy atom. The fourth-order valence-electron chi connectivity index (χ4n) is 12.5. The SMILES string of the molecule is CCc1cccc2cc(O)cc(-c3ncc4c(N5CCCCCC5)nc(OC[C@]56CCCN5[C@H](COc5cc(C(C(=O)N7C[C@H](O)C[C@H]7C(=O)NC(C)c7ccc(-c8scnc8C)cc7)C(C)C)on5)CC6)nc4c3F)c12. The van der Waals surface area contributed by atoms with E-state index in [0.717, 1.165) is 115 Å². The van der Waals surface area contributed by atoms with Crippen LogP contribution in [0.2, 0.25) is 0 Å². The molecule has 0 aliphatic carbocycles. The van der Waals surface area contributed by atoms with Crippen molar-refractivity contribution in [3.63, 3.8) is 0 Å². The van der Waals surface area contributed by atoms with Crippen LogP contribution in [-0.4, -0.2) is 120 Å². The summed E-state index contributed by atoms with van der Waals surface area (Å²) in [5.41, 5.74) is 6.24. The molecule has 7 aromatic rings. The number of nitrogens with one attached hydrogen (secondary N) is 1. The number of nitrogens with zero attached hydrogens (tertiary/aromatic N) is 8. The topological polar surface area (TPSA) is 192 Å². The summed E-state index contributed by atoms with van der Waals surface area (Å²) in [6.07, 6.45) is 9.44. The number of halogens is 1. The number of likely N-dealkylation sites (tertiary alicyclic amines) is 1. The Balaban J connectivity index is 0.770. The highest BCUT2D eigenvalue weighted by molar-refractivity contribution is 7.13. The molecule has 0 bridgehead atoms. The highest BCUT2D eigenvalue weighted by Crippen LogP contribution is 2.44. The Labute approximate surface area is 452 Å². The van der Waals surface area contributed by atoms with E-state index in [2.05, 4.69) is 32.2 Å². The molecule has 3 N–H and O–H groups in total. The lowest BCUT2D eigenvalue weighted by molar-refractivity contribution is -0.141. The minimum Gasteiger partial charge on any atom is -0.508 e. The van der Waals surface area contributed by atoms with Gasteiger partial charge in [-0.3, -0.25) is 19.5 Å². The third kappa shape index (κ3) is 10.3. The molecule has 16 nitrogen and oxygen atoms in total. The summed E-state index contributed by atoms with van der Waals surface area (Å²) in [5.74, 6) is -1.00. The minimum absolute atomic E-state index is 0.0254. The second kappa shape index (κ2) is 21.9. The van der Waals surface area contributed by atoms with Gasteiger partial charge in [-0.05, 0) is 116 Å². The van der Waals surface area contributed by atoms with Crippen LogP contribution in [0.4, 0.5) is 10.2 Å². The molecule has 404 valence electrons. The second-order valence-electron chi connectivity index (χ2n) is 21.9. The van der Waals surface area contributed by atoms with Gasteiger partial charge in [-0.1, -0.05) is 76.1 Å². The van der Waals surface area contributed by atoms with Crippen molar-refractivity contribution >= 4 is 50.6 Å². The van der Waals surface area contributed by atoms with E-state index in [1.807, 2.05) is 75.7 Å². The lowest BCUT2D eigenvalue weighted by Gasteiger charge is -2.34. The van der Waals surface area contributed by atoms with Crippen molar-refractivity contribution in [2.45, 2.75) is 135 Å². The standard InChI is InChI=1S/C59H68FN9O7S/c1-6-37-13-11-14-40-25-42(70)26-44(50(37)40)52-51(60)53-45(29-61-52)55(67-22-9-7-8-10-23-67)65-58(64-53)75-32-59-20-12-24-69(59)41(19-21-59)31-74-48-28-47(76-66-48)49(34(2)3)57(73)68-30-43(71)27-46(68)56(72)63-35(4)38-15-17-39(18-16-38)54-36(5)62-33-77-54/h11,13-18,25-26,28-29,33-35,41,43,46,49,70-71H,6-10,12,19-24,27,30-32H2,1-5H3,(H,63,72)/t35?,41-,43+,46-,49?,59+/m0/s1. The molecular weight excluding hydrogens is 998 g/mol. The molecule has 3 aromatic carbocycles. The van der Waals surface area contributed by atoms with Crippen molar-refractivity contribution in [1.82, 2.24) is 40.2 Å². The lowest BCUT2D eigenvalue weighted by Crippen LogP contribution is -2.48. The number of hydrogen-bond donors (Lipinski definition) is 3. The molecule has 0 radical (unpaired) electrons. The Morgan fingerprint density at radius 3 is 2.53 bits per heavy atom. The van der Waals surface area contributed by atoms with Gasteiger partial charge >= 0.3 is 6.01 Å². The van der Waals surface area contributed by atoms with Crippen LogP contribution in [0.15, 0.2) is 76.9 Å². The van der Waals surface area contributed by atoms with Crippen LogP contribution in [-0.2, 0) is 16.0 Å². The predicted molar refractivity (Wildman–Crippen MR) is 294 cm³/mol. The van der Waals surface area contributed by atoms with Crippen molar-refractivity contribution in [3.05, 3.63) is 101 Å². The lowest BCUT2D eigenvalue weighted by atomic mass is 9.91. The number of aromatic hydroxyl groups is 1. The Bertz CT molecular complexity index is 3290. The monoisotopic (exact) mass is 1070 g/mol. The number of phenols is 1. The maximum Gasteiger partial charge on any atom is 0.319 e. The molecule has 4 saturated heterocycles. The van der Waals surface area contributed by atoms with E-state index in [1.54, 1.807) is 35.7 Å². The number of thiazole rings is 1. The zero-order chi connectivity index (χ0) is 53.5. The van der Waals surface area contributed by atoms with Crippen LogP contribution < -0.4 is 19.7 Å². The van der Waals surface area contributed by atoms with Gasteiger partial charge in [0.15, 0.2) is 11.6 Å². The molecule has 11 rings (SSSR count). The quantitative estimate of drug-likeness (QED) is 0.0828. The average molecular weight is 1070 g/mol. The number of rotatable bonds is 16. The number of phenolic OH excluding ortho intramolecular Hbond substituents is 1. The van der Waals surface area contributed by atoms with Crippen molar-refractivity contribution in [2.75, 3.05) is 44.3 Å². The first-order chi connectivity index (χ1) is 37.3. The summed E-state index contributed by atoms with van der Waals surface area (Å²) in [4.78, 5) is 54.5. The maximum atomic E-state index is 17.3. The number of carbonyl (C=O) groups excluding carboxylic acids is 2. The zero-order valence-electron chi connectivity index (χ0n) is 44.5. The molecule has 18 heteroatoms. The van der Waals surface area contributed by atoms with Gasteiger partial charge in [0.05, 0.1) is 39.2 Å². The number of aliphatic hydroxyl groups excluding tert-OH is 1. The molecule has 6 atom stereocenters. The zero-order valence-corrected chi connectivity index (χ0v) is 45.3. The number of ether oxygens (including phenoxy) is 2. The van der Waals surface area contributed by atoms with Gasteiger partial charge in [0, 0.05) is 49.9 Å². The Morgan fingerprint density at radius 1 is 0.974 bits per heavy atom. The third-order valence-electron chi connectivity index (χ3n) is 16.5. The van der Waals surface area contributed by atoms with E-state index >= 15 is 4.39 Å². The number of carbonyl (C=O) groups is 2. The molecule has 4 fully saturated rings. The van der Waals surface area contributed by atoms with Gasteiger partial charge in [-0.15, -0.1) is 11.3 Å². The van der Waals surface area contributed by atoms with Crippen molar-refractivity contribution in [2.24, 2.45) is 5.92 Å². The van der Waals surface area contributed by atoms with E-state index in [4.69, 9.17) is 28.9 Å². The van der Waals surface area contributed by atoms with Crippen LogP contribution in [0, 0.1) is 18.7 Å². The summed E-state index contributed by atoms with van der Waals surface area (Å²) in [6, 6.07) is 17.8. The first-order valence-electron chi connectivity index (χ1n) is 27.4. The molecule has 0 spiro atoms. The van der Waals surface area contributed by atoms with E-state index in [-0.39, 0.29) is 77.2 Å². The van der Waals surface area contributed by atoms with Crippen molar-refractivity contribution < 1.29 is 38.2 Å². The number of fused-ring (bicyclic) bond motifs is 3. The molecule has 0 saturated carbocycles. The summed E-state index contributed by atoms with van der Waals surface area (Å²) in [5, 5.41) is 31.2. The normalized spacial score (nSPS) is 21.7. The number of aryl methyl sites for hydroxylation is 2. The molecule has 4 aliphatic heterocycles. The summed E-state index contributed by atoms with van der Waals surface area (Å²) in [6.45, 7) is 12.9. The highest BCUT2D eigenvalue weighted by Gasteiger charge is 2.50. The number of anilines is 1. The molecule has 8 heterocycles. The average Bonchev–Trinajstić information content (AvgIpc) is 4.34. The van der Waals surface area contributed by atoms with E-state index in [1.165, 1.54) is 4.90 Å². The number of pyridine rings is 1. The van der Waals surface area contributed by atoms with E-state index < -0.39 is 23.9 Å². The largest absolute Gasteiger partial charge is 0.508 e. The first kappa shape index (κ1) is 52.3. The maximum absolute atomic E-state index is 17.3. The van der Waals surface area contributed by atoms with Gasteiger partial charge < -0.3 is 39.3 Å². The number of hydrogen-bond acceptors (Lipinski definition) is 15. The van der Waals surface area contributed by atoms with Gasteiger partial charge in [-0.2, -0.15) is 9.97 Å². The molecule has 4 aliphatic rings. The number of benzene rings is 3. The minimum atomic E-state index is -0.863. The van der Waals surface area contributed by atoms with Crippen molar-refractivity contribution in [1.29, 1.82) is 0 Å². The number of amides is 2. The van der Waals surface area contributed by atoms with E-state index in [0.29, 0.717) is 35.7 Å². The molecule has 2 amide bonds. The Kier molecular flexibility index (Phi) is 14.9. The smallest absolute Gasteiger partial charge is 0.319 e. The fraction of sp³-hybridized carbons (Fsp3) is 0.475. The summed E-state index contributed by atoms with van der Waals surface area (Å²) in [7, 11) is 0. The van der Waals surface area contributed by atoms with Crippen LogP contribution in [0.3, 0.4) is 0 Å². The first-order valence-corrected chi connectivity index (χ1v) is 28.3. The van der Waals surface area contributed by atoms with Crippen LogP contribution in [0.25, 0.3) is 43.4 Å². The summed E-state index contributed by atoms with van der Waals surface area (Å²) < 4.78 is 36.1. The van der Waals surface area contributed by atoms with Gasteiger partial charge in [0.2, 0.25) is 11.8 Å². The number of aliphatic hydroxyl groups is 1.